The van der Waals surface area contributed by atoms with E-state index in [0.29, 0.717) is 38.0 Å². The van der Waals surface area contributed by atoms with Crippen LogP contribution in [0.4, 0.5) is 0 Å². The SMILES string of the molecule is CC(C)C1=C[C@H]2C[C@]3(C=O)[C@@H]4CC[C@@H](C)[C@H]4C[C@@]2(CO[C@H]2CN(CC=C(Cl)Cl)[C@H](C)CO2)[C@]13C(=O)O. The molecule has 4 bridgehead atoms. The quantitative estimate of drug-likeness (QED) is 0.333. The summed E-state index contributed by atoms with van der Waals surface area (Å²) >= 11 is 11.7. The number of hydrogen-bond acceptors (Lipinski definition) is 5. The second-order valence-electron chi connectivity index (χ2n) is 12.4. The zero-order valence-corrected chi connectivity index (χ0v) is 23.2. The summed E-state index contributed by atoms with van der Waals surface area (Å²) in [5.41, 5.74) is -1.80. The van der Waals surface area contributed by atoms with E-state index in [4.69, 9.17) is 32.7 Å². The smallest absolute Gasteiger partial charge is 0.315 e. The topological polar surface area (TPSA) is 76.1 Å². The van der Waals surface area contributed by atoms with Gasteiger partial charge in [0.2, 0.25) is 0 Å². The Kier molecular flexibility index (Phi) is 6.95. The number of rotatable bonds is 8. The molecule has 1 aliphatic heterocycles. The molecule has 6 nitrogen and oxygen atoms in total. The van der Waals surface area contributed by atoms with E-state index in [9.17, 15) is 14.7 Å². The van der Waals surface area contributed by atoms with Crippen molar-refractivity contribution in [1.82, 2.24) is 4.90 Å². The number of fused-ring (bicyclic) bond motifs is 2. The minimum Gasteiger partial charge on any atom is -0.481 e. The average Bonchev–Trinajstić information content (AvgIpc) is 3.40. The van der Waals surface area contributed by atoms with E-state index < -0.39 is 28.5 Å². The molecule has 200 valence electrons. The molecule has 4 fully saturated rings. The molecule has 0 radical (unpaired) electrons. The number of carbonyl (C=O) groups is 2. The molecule has 5 rings (SSSR count). The maximum atomic E-state index is 13.5. The standard InChI is InChI=1S/C28H39Cl2NO5/c1-16(2)22-9-19-10-26(14-32)21-6-5-17(3)20(21)11-27(19,28(22,26)25(33)34)15-36-24-12-31(8-7-23(29)30)18(4)13-35-24/h7,9,14,16-21,24H,5-6,8,10-13,15H2,1-4H3,(H,33,34)/t17-,18-,19+,20-,21-,24+,26+,27+,28+/m1/s1. The molecule has 1 saturated heterocycles. The predicted molar refractivity (Wildman–Crippen MR) is 139 cm³/mol. The van der Waals surface area contributed by atoms with Gasteiger partial charge in [0.15, 0.2) is 6.29 Å². The fraction of sp³-hybridized carbons (Fsp3) is 0.786. The minimum absolute atomic E-state index is 0.0191. The highest BCUT2D eigenvalue weighted by molar-refractivity contribution is 6.55. The molecule has 1 heterocycles. The van der Waals surface area contributed by atoms with Crippen LogP contribution in [0.2, 0.25) is 0 Å². The first-order valence-corrected chi connectivity index (χ1v) is 14.2. The van der Waals surface area contributed by atoms with Crippen molar-refractivity contribution in [3.63, 3.8) is 0 Å². The van der Waals surface area contributed by atoms with Crippen LogP contribution in [0.5, 0.6) is 0 Å². The summed E-state index contributed by atoms with van der Waals surface area (Å²) in [6.45, 7) is 10.4. The van der Waals surface area contributed by atoms with E-state index in [2.05, 4.69) is 38.7 Å². The van der Waals surface area contributed by atoms with Crippen LogP contribution in [-0.4, -0.2) is 60.9 Å². The van der Waals surface area contributed by atoms with Crippen molar-refractivity contribution >= 4 is 35.5 Å². The zero-order valence-electron chi connectivity index (χ0n) is 21.7. The molecule has 0 aromatic carbocycles. The molecule has 8 heteroatoms. The molecule has 0 spiro atoms. The predicted octanol–water partition coefficient (Wildman–Crippen LogP) is 5.29. The van der Waals surface area contributed by atoms with Gasteiger partial charge in [-0.05, 0) is 61.9 Å². The van der Waals surface area contributed by atoms with Gasteiger partial charge in [-0.15, -0.1) is 0 Å². The molecule has 0 unspecified atom stereocenters. The fourth-order valence-electron chi connectivity index (χ4n) is 9.19. The third-order valence-electron chi connectivity index (χ3n) is 10.7. The van der Waals surface area contributed by atoms with Crippen molar-refractivity contribution in [1.29, 1.82) is 0 Å². The molecule has 9 atom stereocenters. The first kappa shape index (κ1) is 26.7. The van der Waals surface area contributed by atoms with Gasteiger partial charge < -0.3 is 19.4 Å². The summed E-state index contributed by atoms with van der Waals surface area (Å²) in [5, 5.41) is 11.1. The number of carbonyl (C=O) groups excluding carboxylic acids is 1. The summed E-state index contributed by atoms with van der Waals surface area (Å²) in [7, 11) is 0. The number of aliphatic carboxylic acids is 1. The van der Waals surface area contributed by atoms with Gasteiger partial charge in [-0.3, -0.25) is 9.69 Å². The number of carboxylic acids is 1. The Morgan fingerprint density at radius 1 is 1.31 bits per heavy atom. The fourth-order valence-corrected chi connectivity index (χ4v) is 9.33. The Morgan fingerprint density at radius 2 is 2.06 bits per heavy atom. The molecule has 0 amide bonds. The number of morpholine rings is 1. The Labute approximate surface area is 224 Å². The van der Waals surface area contributed by atoms with Crippen LogP contribution in [0.25, 0.3) is 0 Å². The highest BCUT2D eigenvalue weighted by atomic mass is 35.5. The maximum Gasteiger partial charge on any atom is 0.315 e. The minimum atomic E-state index is -1.22. The van der Waals surface area contributed by atoms with Crippen LogP contribution in [0.3, 0.4) is 0 Å². The molecule has 4 aliphatic carbocycles. The number of hydrogen-bond donors (Lipinski definition) is 1. The maximum absolute atomic E-state index is 13.5. The van der Waals surface area contributed by atoms with Crippen molar-refractivity contribution in [2.45, 2.75) is 65.7 Å². The van der Waals surface area contributed by atoms with Gasteiger partial charge >= 0.3 is 5.97 Å². The second-order valence-corrected chi connectivity index (χ2v) is 13.4. The third kappa shape index (κ3) is 3.47. The number of aldehydes is 1. The van der Waals surface area contributed by atoms with E-state index in [1.54, 1.807) is 6.08 Å². The lowest BCUT2D eigenvalue weighted by Gasteiger charge is -2.58. The van der Waals surface area contributed by atoms with E-state index in [1.165, 1.54) is 0 Å². The summed E-state index contributed by atoms with van der Waals surface area (Å²) in [4.78, 5) is 28.8. The van der Waals surface area contributed by atoms with Crippen molar-refractivity contribution in [2.24, 2.45) is 45.8 Å². The molecular formula is C28H39Cl2NO5. The van der Waals surface area contributed by atoms with Gasteiger partial charge in [0.1, 0.15) is 16.2 Å². The molecule has 36 heavy (non-hydrogen) atoms. The summed E-state index contributed by atoms with van der Waals surface area (Å²) in [6.07, 6.45) is 7.94. The van der Waals surface area contributed by atoms with Crippen LogP contribution >= 0.6 is 23.2 Å². The lowest BCUT2D eigenvalue weighted by atomic mass is 9.43. The molecule has 0 aromatic rings. The number of allylic oxidation sites excluding steroid dienone is 1. The Morgan fingerprint density at radius 3 is 2.69 bits per heavy atom. The van der Waals surface area contributed by atoms with Crippen LogP contribution in [-0.2, 0) is 19.1 Å². The number of halogens is 2. The largest absolute Gasteiger partial charge is 0.481 e. The third-order valence-corrected chi connectivity index (χ3v) is 11.0. The van der Waals surface area contributed by atoms with Gasteiger partial charge in [-0.2, -0.15) is 0 Å². The molecule has 1 N–H and O–H groups in total. The van der Waals surface area contributed by atoms with Crippen LogP contribution in [0, 0.1) is 45.8 Å². The molecular weight excluding hydrogens is 501 g/mol. The van der Waals surface area contributed by atoms with Crippen molar-refractivity contribution < 1.29 is 24.2 Å². The normalized spacial score (nSPS) is 45.5. The van der Waals surface area contributed by atoms with Crippen molar-refractivity contribution in [2.75, 3.05) is 26.3 Å². The number of ether oxygens (including phenoxy) is 2. The first-order valence-electron chi connectivity index (χ1n) is 13.4. The van der Waals surface area contributed by atoms with E-state index in [0.717, 1.165) is 31.1 Å². The summed E-state index contributed by atoms with van der Waals surface area (Å²) in [5.74, 6) is 0.166. The Hall–Kier alpha value is -0.920. The van der Waals surface area contributed by atoms with Gasteiger partial charge in [-0.1, -0.05) is 62.0 Å². The zero-order chi connectivity index (χ0) is 26.0. The van der Waals surface area contributed by atoms with Crippen LogP contribution < -0.4 is 0 Å². The van der Waals surface area contributed by atoms with Gasteiger partial charge in [0.25, 0.3) is 0 Å². The van der Waals surface area contributed by atoms with E-state index in [1.807, 2.05) is 0 Å². The highest BCUT2D eigenvalue weighted by Crippen LogP contribution is 2.82. The van der Waals surface area contributed by atoms with Gasteiger partial charge in [0.05, 0.1) is 25.2 Å². The number of nitrogens with zero attached hydrogens (tertiary/aromatic N) is 1. The van der Waals surface area contributed by atoms with Crippen LogP contribution in [0.1, 0.15) is 53.4 Å². The van der Waals surface area contributed by atoms with Gasteiger partial charge in [-0.25, -0.2) is 0 Å². The average molecular weight is 541 g/mol. The monoisotopic (exact) mass is 539 g/mol. The lowest BCUT2D eigenvalue weighted by Crippen LogP contribution is -2.64. The summed E-state index contributed by atoms with van der Waals surface area (Å²) < 4.78 is 12.8. The second kappa shape index (κ2) is 9.37. The number of carboxylic acid groups (broad SMARTS) is 1. The highest BCUT2D eigenvalue weighted by Gasteiger charge is 2.84. The first-order chi connectivity index (χ1) is 17.0. The van der Waals surface area contributed by atoms with E-state index >= 15 is 0 Å². The lowest BCUT2D eigenvalue weighted by molar-refractivity contribution is -0.227. The summed E-state index contributed by atoms with van der Waals surface area (Å²) in [6, 6.07) is 0.187. The molecule has 3 saturated carbocycles. The van der Waals surface area contributed by atoms with Crippen molar-refractivity contribution in [3.05, 3.63) is 22.2 Å². The Balaban J connectivity index is 1.50. The van der Waals surface area contributed by atoms with Crippen LogP contribution in [0.15, 0.2) is 22.2 Å². The van der Waals surface area contributed by atoms with E-state index in [-0.39, 0.29) is 34.9 Å². The van der Waals surface area contributed by atoms with Crippen molar-refractivity contribution in [3.8, 4) is 0 Å². The molecule has 0 aromatic heterocycles. The van der Waals surface area contributed by atoms with Gasteiger partial charge in [0, 0.05) is 18.0 Å². The Bertz CT molecular complexity index is 979. The molecule has 5 aliphatic rings.